The molecule has 1 saturated carbocycles. The molecule has 20 heavy (non-hydrogen) atoms. The monoisotopic (exact) mass is 332 g/mol. The van der Waals surface area contributed by atoms with Gasteiger partial charge in [0, 0.05) is 15.6 Å². The van der Waals surface area contributed by atoms with Gasteiger partial charge in [-0.05, 0) is 44.4 Å². The number of oxazole rings is 1. The average Bonchev–Trinajstić information content (AvgIpc) is 2.91. The van der Waals surface area contributed by atoms with Crippen LogP contribution in [0.2, 0.25) is 0 Å². The van der Waals surface area contributed by atoms with Gasteiger partial charge in [-0.2, -0.15) is 0 Å². The van der Waals surface area contributed by atoms with E-state index in [2.05, 4.69) is 25.8 Å². The normalized spacial score (nSPS) is 20.6. The zero-order valence-corrected chi connectivity index (χ0v) is 12.9. The second-order valence-electron chi connectivity index (χ2n) is 5.87. The van der Waals surface area contributed by atoms with Crippen molar-refractivity contribution in [1.82, 2.24) is 9.88 Å². The van der Waals surface area contributed by atoms with Crippen LogP contribution < -0.4 is 0 Å². The van der Waals surface area contributed by atoms with E-state index < -0.39 is 0 Å². The van der Waals surface area contributed by atoms with Gasteiger partial charge >= 0.3 is 0 Å². The maximum absolute atomic E-state index is 5.92. The van der Waals surface area contributed by atoms with Crippen molar-refractivity contribution in [3.8, 4) is 11.3 Å². The number of rotatable bonds is 3. The Kier molecular flexibility index (Phi) is 2.97. The molecule has 0 unspecified atom stereocenters. The quantitative estimate of drug-likeness (QED) is 0.842. The van der Waals surface area contributed by atoms with E-state index in [9.17, 15) is 0 Å². The predicted molar refractivity (Wildman–Crippen MR) is 81.2 cm³/mol. The van der Waals surface area contributed by atoms with Gasteiger partial charge in [0.2, 0.25) is 5.89 Å². The molecule has 2 heterocycles. The summed E-state index contributed by atoms with van der Waals surface area (Å²) in [6.45, 7) is 2.05. The Bertz CT molecular complexity index is 616. The maximum atomic E-state index is 5.92. The summed E-state index contributed by atoms with van der Waals surface area (Å²) in [7, 11) is 0. The Morgan fingerprint density at radius 2 is 2.00 bits per heavy atom. The van der Waals surface area contributed by atoms with Gasteiger partial charge in [0.25, 0.3) is 0 Å². The third-order valence-electron chi connectivity index (χ3n) is 4.58. The Labute approximate surface area is 127 Å². The Morgan fingerprint density at radius 3 is 2.75 bits per heavy atom. The smallest absolute Gasteiger partial charge is 0.209 e. The summed E-state index contributed by atoms with van der Waals surface area (Å²) in [6, 6.07) is 8.15. The highest BCUT2D eigenvalue weighted by Gasteiger charge is 2.50. The van der Waals surface area contributed by atoms with Gasteiger partial charge in [0.1, 0.15) is 0 Å². The molecule has 2 fully saturated rings. The van der Waals surface area contributed by atoms with E-state index in [-0.39, 0.29) is 0 Å². The number of aromatic nitrogens is 1. The highest BCUT2D eigenvalue weighted by Crippen LogP contribution is 2.49. The molecule has 0 bridgehead atoms. The molecule has 2 aromatic rings. The van der Waals surface area contributed by atoms with E-state index in [4.69, 9.17) is 4.42 Å². The molecule has 104 valence electrons. The van der Waals surface area contributed by atoms with Gasteiger partial charge in [0.05, 0.1) is 12.7 Å². The number of likely N-dealkylation sites (tertiary alicyclic amines) is 1. The van der Waals surface area contributed by atoms with Crippen molar-refractivity contribution in [2.75, 3.05) is 6.54 Å². The molecule has 4 heteroatoms. The van der Waals surface area contributed by atoms with Gasteiger partial charge < -0.3 is 4.42 Å². The van der Waals surface area contributed by atoms with E-state index >= 15 is 0 Å². The first-order valence-electron chi connectivity index (χ1n) is 7.21. The van der Waals surface area contributed by atoms with Crippen molar-refractivity contribution >= 4 is 15.9 Å². The fourth-order valence-electron chi connectivity index (χ4n) is 3.25. The molecule has 1 aliphatic carbocycles. The van der Waals surface area contributed by atoms with Gasteiger partial charge in [-0.25, -0.2) is 4.98 Å². The van der Waals surface area contributed by atoms with E-state index in [1.165, 1.54) is 32.2 Å². The van der Waals surface area contributed by atoms with Crippen LogP contribution in [0.4, 0.5) is 0 Å². The van der Waals surface area contributed by atoms with Crippen LogP contribution in [0.25, 0.3) is 11.3 Å². The van der Waals surface area contributed by atoms with E-state index in [0.29, 0.717) is 5.54 Å². The molecule has 0 N–H and O–H groups in total. The molecule has 1 aliphatic heterocycles. The summed E-state index contributed by atoms with van der Waals surface area (Å²) >= 11 is 3.45. The van der Waals surface area contributed by atoms with E-state index in [0.717, 1.165) is 28.2 Å². The minimum absolute atomic E-state index is 0.506. The molecule has 1 aromatic heterocycles. The first kappa shape index (κ1) is 12.6. The molecule has 1 saturated heterocycles. The second-order valence-corrected chi connectivity index (χ2v) is 6.79. The lowest BCUT2D eigenvalue weighted by atomic mass is 10.2. The summed E-state index contributed by atoms with van der Waals surface area (Å²) in [5.41, 5.74) is 1.58. The zero-order valence-electron chi connectivity index (χ0n) is 11.3. The fraction of sp³-hybridized carbons (Fsp3) is 0.438. The largest absolute Gasteiger partial charge is 0.439 e. The average molecular weight is 333 g/mol. The zero-order chi connectivity index (χ0) is 13.6. The van der Waals surface area contributed by atoms with Crippen LogP contribution in [0.1, 0.15) is 31.6 Å². The van der Waals surface area contributed by atoms with Crippen LogP contribution in [-0.2, 0) is 6.54 Å². The number of halogens is 1. The third-order valence-corrected chi connectivity index (χ3v) is 5.11. The molecule has 0 amide bonds. The van der Waals surface area contributed by atoms with Gasteiger partial charge in [-0.3, -0.25) is 4.90 Å². The summed E-state index contributed by atoms with van der Waals surface area (Å²) in [5.74, 6) is 1.70. The second kappa shape index (κ2) is 4.71. The lowest BCUT2D eigenvalue weighted by molar-refractivity contribution is 0.205. The summed E-state index contributed by atoms with van der Waals surface area (Å²) < 4.78 is 7.00. The maximum Gasteiger partial charge on any atom is 0.209 e. The van der Waals surface area contributed by atoms with E-state index in [1.54, 1.807) is 0 Å². The summed E-state index contributed by atoms with van der Waals surface area (Å²) in [5, 5.41) is 0. The predicted octanol–water partition coefficient (Wildman–Crippen LogP) is 4.23. The van der Waals surface area contributed by atoms with Crippen LogP contribution in [0.15, 0.2) is 39.4 Å². The number of nitrogens with zero attached hydrogens (tertiary/aromatic N) is 2. The van der Waals surface area contributed by atoms with Crippen LogP contribution in [0, 0.1) is 0 Å². The van der Waals surface area contributed by atoms with Crippen molar-refractivity contribution in [2.24, 2.45) is 0 Å². The van der Waals surface area contributed by atoms with Gasteiger partial charge in [-0.1, -0.05) is 28.1 Å². The van der Waals surface area contributed by atoms with Crippen molar-refractivity contribution in [3.63, 3.8) is 0 Å². The molecule has 4 rings (SSSR count). The minimum Gasteiger partial charge on any atom is -0.439 e. The van der Waals surface area contributed by atoms with E-state index in [1.807, 2.05) is 30.5 Å². The van der Waals surface area contributed by atoms with Gasteiger partial charge in [0.15, 0.2) is 5.76 Å². The van der Waals surface area contributed by atoms with Crippen molar-refractivity contribution in [3.05, 3.63) is 40.8 Å². The Balaban J connectivity index is 1.52. The van der Waals surface area contributed by atoms with Gasteiger partial charge in [-0.15, -0.1) is 0 Å². The number of benzene rings is 1. The number of hydrogen-bond acceptors (Lipinski definition) is 3. The first-order chi connectivity index (χ1) is 9.75. The molecule has 1 spiro atoms. The number of hydrogen-bond donors (Lipinski definition) is 0. The van der Waals surface area contributed by atoms with Crippen LogP contribution in [-0.4, -0.2) is 22.0 Å². The highest BCUT2D eigenvalue weighted by atomic mass is 79.9. The lowest BCUT2D eigenvalue weighted by Gasteiger charge is -2.21. The molecular formula is C16H17BrN2O. The summed E-state index contributed by atoms with van der Waals surface area (Å²) in [6.07, 6.45) is 7.22. The fourth-order valence-corrected chi connectivity index (χ4v) is 3.51. The van der Waals surface area contributed by atoms with Crippen molar-refractivity contribution in [1.29, 1.82) is 0 Å². The molecule has 1 aromatic carbocycles. The standard InChI is InChI=1S/C16H17BrN2O/c17-13-4-2-12(3-5-13)14-10-18-15(20-14)11-19-9-1-6-16(19)7-8-16/h2-5,10H,1,6-9,11H2. The van der Waals surface area contributed by atoms with Crippen LogP contribution in [0.3, 0.4) is 0 Å². The minimum atomic E-state index is 0.506. The van der Waals surface area contributed by atoms with Crippen molar-refractivity contribution in [2.45, 2.75) is 37.8 Å². The van der Waals surface area contributed by atoms with Crippen LogP contribution in [0.5, 0.6) is 0 Å². The van der Waals surface area contributed by atoms with Crippen LogP contribution >= 0.6 is 15.9 Å². The Morgan fingerprint density at radius 1 is 1.20 bits per heavy atom. The molecular weight excluding hydrogens is 316 g/mol. The SMILES string of the molecule is Brc1ccc(-c2cnc(CN3CCCC34CC4)o2)cc1. The molecule has 2 aliphatic rings. The third kappa shape index (κ3) is 2.21. The highest BCUT2D eigenvalue weighted by molar-refractivity contribution is 9.10. The Hall–Kier alpha value is -1.13. The molecule has 3 nitrogen and oxygen atoms in total. The first-order valence-corrected chi connectivity index (χ1v) is 8.00. The molecule has 0 radical (unpaired) electrons. The topological polar surface area (TPSA) is 29.3 Å². The summed E-state index contributed by atoms with van der Waals surface area (Å²) in [4.78, 5) is 7.01. The van der Waals surface area contributed by atoms with Crippen molar-refractivity contribution < 1.29 is 4.42 Å². The lowest BCUT2D eigenvalue weighted by Crippen LogP contribution is -2.30. The molecule has 0 atom stereocenters.